The van der Waals surface area contributed by atoms with Gasteiger partial charge in [0.15, 0.2) is 5.78 Å². The van der Waals surface area contributed by atoms with E-state index in [1.807, 2.05) is 42.6 Å². The third kappa shape index (κ3) is 2.08. The summed E-state index contributed by atoms with van der Waals surface area (Å²) in [5.41, 5.74) is 2.44. The molecule has 1 aromatic heterocycles. The Kier molecular flexibility index (Phi) is 2.95. The van der Waals surface area contributed by atoms with Crippen molar-refractivity contribution in [3.8, 4) is 0 Å². The van der Waals surface area contributed by atoms with E-state index in [0.29, 0.717) is 23.4 Å². The maximum atomic E-state index is 12.4. The number of carbonyl (C=O) groups is 2. The highest BCUT2D eigenvalue weighted by molar-refractivity contribution is 7.12. The molecule has 1 aromatic carbocycles. The van der Waals surface area contributed by atoms with Crippen LogP contribution in [0.1, 0.15) is 32.0 Å². The fourth-order valence-electron chi connectivity index (χ4n) is 2.32. The Labute approximate surface area is 115 Å². The van der Waals surface area contributed by atoms with Crippen molar-refractivity contribution in [2.45, 2.75) is 13.3 Å². The molecule has 2 heterocycles. The first kappa shape index (κ1) is 12.1. The predicted molar refractivity (Wildman–Crippen MR) is 76.1 cm³/mol. The number of benzene rings is 1. The molecule has 1 aliphatic heterocycles. The molecule has 19 heavy (non-hydrogen) atoms. The third-order valence-electron chi connectivity index (χ3n) is 3.28. The maximum Gasteiger partial charge on any atom is 0.268 e. The van der Waals surface area contributed by atoms with E-state index < -0.39 is 0 Å². The van der Waals surface area contributed by atoms with E-state index in [-0.39, 0.29) is 11.7 Å². The average molecular weight is 271 g/mol. The second-order valence-corrected chi connectivity index (χ2v) is 5.58. The standard InChI is InChI=1S/C15H13NO2S/c1-10-4-5-12-11(9-10)13(17)6-7-16(12)15(18)14-3-2-8-19-14/h2-5,8-9H,6-7H2,1H3. The van der Waals surface area contributed by atoms with E-state index >= 15 is 0 Å². The lowest BCUT2D eigenvalue weighted by Gasteiger charge is -2.28. The minimum Gasteiger partial charge on any atom is -0.306 e. The lowest BCUT2D eigenvalue weighted by molar-refractivity contribution is 0.0957. The van der Waals surface area contributed by atoms with Crippen molar-refractivity contribution < 1.29 is 9.59 Å². The molecule has 4 heteroatoms. The Morgan fingerprint density at radius 1 is 1.32 bits per heavy atom. The second-order valence-electron chi connectivity index (χ2n) is 4.63. The Balaban J connectivity index is 2.04. The van der Waals surface area contributed by atoms with Gasteiger partial charge in [-0.3, -0.25) is 9.59 Å². The Bertz CT molecular complexity index is 646. The Hall–Kier alpha value is -1.94. The number of hydrogen-bond donors (Lipinski definition) is 0. The van der Waals surface area contributed by atoms with Crippen molar-refractivity contribution in [3.63, 3.8) is 0 Å². The van der Waals surface area contributed by atoms with Crippen molar-refractivity contribution in [2.24, 2.45) is 0 Å². The van der Waals surface area contributed by atoms with E-state index in [1.54, 1.807) is 4.90 Å². The molecule has 0 aliphatic carbocycles. The first-order valence-corrected chi connectivity index (χ1v) is 7.04. The summed E-state index contributed by atoms with van der Waals surface area (Å²) in [6.07, 6.45) is 0.396. The fraction of sp³-hybridized carbons (Fsp3) is 0.200. The second kappa shape index (κ2) is 4.63. The molecule has 3 rings (SSSR count). The summed E-state index contributed by atoms with van der Waals surface area (Å²) in [7, 11) is 0. The van der Waals surface area contributed by atoms with E-state index in [1.165, 1.54) is 11.3 Å². The zero-order valence-corrected chi connectivity index (χ0v) is 11.4. The summed E-state index contributed by atoms with van der Waals surface area (Å²) in [6.45, 7) is 2.42. The molecule has 0 fully saturated rings. The molecule has 0 saturated carbocycles. The molecule has 0 radical (unpaired) electrons. The number of carbonyl (C=O) groups excluding carboxylic acids is 2. The van der Waals surface area contributed by atoms with Crippen LogP contribution < -0.4 is 4.90 Å². The molecule has 1 amide bonds. The van der Waals surface area contributed by atoms with Crippen molar-refractivity contribution >= 4 is 28.7 Å². The number of thiophene rings is 1. The number of aryl methyl sites for hydroxylation is 1. The number of nitrogens with zero attached hydrogens (tertiary/aromatic N) is 1. The van der Waals surface area contributed by atoms with E-state index in [9.17, 15) is 9.59 Å². The summed E-state index contributed by atoms with van der Waals surface area (Å²) in [5, 5.41) is 1.89. The van der Waals surface area contributed by atoms with Crippen LogP contribution in [0.2, 0.25) is 0 Å². The van der Waals surface area contributed by atoms with Gasteiger partial charge in [0.25, 0.3) is 5.91 Å². The minimum atomic E-state index is -0.0207. The maximum absolute atomic E-state index is 12.4. The summed E-state index contributed by atoms with van der Waals surface area (Å²) in [5.74, 6) is 0.0986. The van der Waals surface area contributed by atoms with Crippen LogP contribution in [-0.2, 0) is 0 Å². The summed E-state index contributed by atoms with van der Waals surface area (Å²) in [4.78, 5) is 26.8. The number of fused-ring (bicyclic) bond motifs is 1. The van der Waals surface area contributed by atoms with Gasteiger partial charge in [0, 0.05) is 18.5 Å². The lowest BCUT2D eigenvalue weighted by Crippen LogP contribution is -2.37. The molecule has 3 nitrogen and oxygen atoms in total. The molecule has 2 aromatic rings. The molecule has 96 valence electrons. The number of Topliss-reactive ketones (excluding diaryl/α,β-unsaturated/α-hetero) is 1. The van der Waals surface area contributed by atoms with Crippen molar-refractivity contribution in [1.29, 1.82) is 0 Å². The SMILES string of the molecule is Cc1ccc2c(c1)C(=O)CCN2C(=O)c1cccs1. The largest absolute Gasteiger partial charge is 0.306 e. The van der Waals surface area contributed by atoms with Crippen LogP contribution in [-0.4, -0.2) is 18.2 Å². The first-order valence-electron chi connectivity index (χ1n) is 6.16. The van der Waals surface area contributed by atoms with Crippen LogP contribution in [0.3, 0.4) is 0 Å². The van der Waals surface area contributed by atoms with Crippen LogP contribution >= 0.6 is 11.3 Å². The highest BCUT2D eigenvalue weighted by Crippen LogP contribution is 2.29. The highest BCUT2D eigenvalue weighted by atomic mass is 32.1. The van der Waals surface area contributed by atoms with Gasteiger partial charge >= 0.3 is 0 Å². The van der Waals surface area contributed by atoms with Crippen LogP contribution in [0.25, 0.3) is 0 Å². The Morgan fingerprint density at radius 2 is 2.16 bits per heavy atom. The number of rotatable bonds is 1. The molecule has 0 atom stereocenters. The van der Waals surface area contributed by atoms with Crippen molar-refractivity contribution in [1.82, 2.24) is 0 Å². The van der Waals surface area contributed by atoms with Gasteiger partial charge in [-0.15, -0.1) is 11.3 Å². The summed E-state index contributed by atoms with van der Waals surface area (Å²) < 4.78 is 0. The van der Waals surface area contributed by atoms with Gasteiger partial charge in [0.05, 0.1) is 10.6 Å². The fourth-order valence-corrected chi connectivity index (χ4v) is 2.99. The van der Waals surface area contributed by atoms with Gasteiger partial charge in [0.1, 0.15) is 0 Å². The number of amides is 1. The number of ketones is 1. The molecule has 0 spiro atoms. The van der Waals surface area contributed by atoms with Gasteiger partial charge in [-0.1, -0.05) is 17.7 Å². The smallest absolute Gasteiger partial charge is 0.268 e. The number of anilines is 1. The van der Waals surface area contributed by atoms with Crippen LogP contribution in [0.4, 0.5) is 5.69 Å². The Morgan fingerprint density at radius 3 is 2.89 bits per heavy atom. The average Bonchev–Trinajstić information content (AvgIpc) is 2.93. The first-order chi connectivity index (χ1) is 9.16. The van der Waals surface area contributed by atoms with Gasteiger partial charge in [-0.25, -0.2) is 0 Å². The monoisotopic (exact) mass is 271 g/mol. The molecule has 0 unspecified atom stereocenters. The van der Waals surface area contributed by atoms with Crippen LogP contribution in [0.5, 0.6) is 0 Å². The normalized spacial score (nSPS) is 14.4. The number of hydrogen-bond acceptors (Lipinski definition) is 3. The third-order valence-corrected chi connectivity index (χ3v) is 4.14. The lowest BCUT2D eigenvalue weighted by atomic mass is 9.98. The molecular weight excluding hydrogens is 258 g/mol. The molecule has 1 aliphatic rings. The molecule has 0 saturated heterocycles. The van der Waals surface area contributed by atoms with Gasteiger partial charge < -0.3 is 4.90 Å². The zero-order valence-electron chi connectivity index (χ0n) is 10.6. The van der Waals surface area contributed by atoms with E-state index in [2.05, 4.69) is 0 Å². The quantitative estimate of drug-likeness (QED) is 0.798. The molecule has 0 bridgehead atoms. The van der Waals surface area contributed by atoms with Gasteiger partial charge in [0.2, 0.25) is 0 Å². The molecular formula is C15H13NO2S. The highest BCUT2D eigenvalue weighted by Gasteiger charge is 2.28. The molecule has 0 N–H and O–H groups in total. The minimum absolute atomic E-state index is 0.0207. The van der Waals surface area contributed by atoms with Crippen LogP contribution in [0.15, 0.2) is 35.7 Å². The van der Waals surface area contributed by atoms with Gasteiger partial charge in [-0.05, 0) is 30.5 Å². The summed E-state index contributed by atoms with van der Waals surface area (Å²) in [6, 6.07) is 9.35. The topological polar surface area (TPSA) is 37.4 Å². The van der Waals surface area contributed by atoms with E-state index in [4.69, 9.17) is 0 Å². The zero-order chi connectivity index (χ0) is 13.4. The van der Waals surface area contributed by atoms with Crippen LogP contribution in [0, 0.1) is 6.92 Å². The van der Waals surface area contributed by atoms with Crippen molar-refractivity contribution in [3.05, 3.63) is 51.7 Å². The van der Waals surface area contributed by atoms with Gasteiger partial charge in [-0.2, -0.15) is 0 Å². The predicted octanol–water partition coefficient (Wildman–Crippen LogP) is 3.29. The summed E-state index contributed by atoms with van der Waals surface area (Å²) >= 11 is 1.43. The van der Waals surface area contributed by atoms with Crippen molar-refractivity contribution in [2.75, 3.05) is 11.4 Å². The van der Waals surface area contributed by atoms with E-state index in [0.717, 1.165) is 11.3 Å².